The summed E-state index contributed by atoms with van der Waals surface area (Å²) in [6.07, 6.45) is 0.759. The van der Waals surface area contributed by atoms with Gasteiger partial charge in [-0.3, -0.25) is 14.9 Å². The lowest BCUT2D eigenvalue weighted by atomic mass is 10.3. The molecule has 10 heavy (non-hydrogen) atoms. The Hall–Kier alpha value is -1.39. The van der Waals surface area contributed by atoms with E-state index in [0.29, 0.717) is 0 Å². The molecular formula is C5H7NO4. The molecule has 0 bridgehead atoms. The van der Waals surface area contributed by atoms with Crippen molar-refractivity contribution in [2.45, 2.75) is 13.3 Å². The summed E-state index contributed by atoms with van der Waals surface area (Å²) < 4.78 is 0. The van der Waals surface area contributed by atoms with Crippen LogP contribution in [0.25, 0.3) is 0 Å². The monoisotopic (exact) mass is 145 g/mol. The number of hydrogen-bond donors (Lipinski definition) is 1. The van der Waals surface area contributed by atoms with Gasteiger partial charge in [0.25, 0.3) is 0 Å². The molecule has 0 radical (unpaired) electrons. The number of carboxylic acid groups (broad SMARTS) is 1. The van der Waals surface area contributed by atoms with E-state index in [0.717, 1.165) is 6.08 Å². The van der Waals surface area contributed by atoms with Crippen LogP contribution >= 0.6 is 0 Å². The Morgan fingerprint density at radius 2 is 2.30 bits per heavy atom. The number of allylic oxidation sites excluding steroid dienone is 1. The molecule has 0 aromatic heterocycles. The van der Waals surface area contributed by atoms with E-state index in [1.165, 1.54) is 6.92 Å². The van der Waals surface area contributed by atoms with E-state index in [9.17, 15) is 14.9 Å². The molecule has 0 saturated carbocycles. The molecule has 0 spiro atoms. The zero-order valence-electron chi connectivity index (χ0n) is 5.40. The van der Waals surface area contributed by atoms with Crippen molar-refractivity contribution in [3.05, 3.63) is 21.9 Å². The zero-order valence-corrected chi connectivity index (χ0v) is 5.40. The molecule has 56 valence electrons. The molecule has 0 fully saturated rings. The van der Waals surface area contributed by atoms with Gasteiger partial charge in [0.05, 0.1) is 11.3 Å². The third-order valence-electron chi connectivity index (χ3n) is 0.860. The topological polar surface area (TPSA) is 80.4 Å². The van der Waals surface area contributed by atoms with E-state index in [1.54, 1.807) is 0 Å². The number of nitro groups is 1. The maximum Gasteiger partial charge on any atom is 0.307 e. The van der Waals surface area contributed by atoms with E-state index in [-0.39, 0.29) is 12.1 Å². The average Bonchev–Trinajstić information content (AvgIpc) is 1.82. The van der Waals surface area contributed by atoms with E-state index >= 15 is 0 Å². The number of nitrogens with zero attached hydrogens (tertiary/aromatic N) is 1. The van der Waals surface area contributed by atoms with Crippen LogP contribution in [0.4, 0.5) is 0 Å². The normalized spacial score (nSPS) is 11.1. The minimum atomic E-state index is -1.07. The molecule has 0 unspecified atom stereocenters. The summed E-state index contributed by atoms with van der Waals surface area (Å²) >= 11 is 0. The average molecular weight is 145 g/mol. The van der Waals surface area contributed by atoms with Gasteiger partial charge in [0.15, 0.2) is 0 Å². The fourth-order valence-corrected chi connectivity index (χ4v) is 0.310. The van der Waals surface area contributed by atoms with Gasteiger partial charge in [-0.15, -0.1) is 0 Å². The molecule has 0 amide bonds. The van der Waals surface area contributed by atoms with Crippen molar-refractivity contribution >= 4 is 5.97 Å². The van der Waals surface area contributed by atoms with Crippen molar-refractivity contribution in [2.75, 3.05) is 0 Å². The molecular weight excluding hydrogens is 138 g/mol. The predicted octanol–water partition coefficient (Wildman–Crippen LogP) is 0.642. The highest BCUT2D eigenvalue weighted by molar-refractivity contribution is 5.68. The third kappa shape index (κ3) is 3.59. The first kappa shape index (κ1) is 8.61. The van der Waals surface area contributed by atoms with Crippen LogP contribution in [0.3, 0.4) is 0 Å². The van der Waals surface area contributed by atoms with Crippen molar-refractivity contribution < 1.29 is 14.8 Å². The SMILES string of the molecule is CC(=CCC(=O)O)[N+](=O)[O-]. The summed E-state index contributed by atoms with van der Waals surface area (Å²) in [6, 6.07) is 0. The van der Waals surface area contributed by atoms with Crippen molar-refractivity contribution in [1.82, 2.24) is 0 Å². The summed E-state index contributed by atoms with van der Waals surface area (Å²) in [5, 5.41) is 17.9. The summed E-state index contributed by atoms with van der Waals surface area (Å²) in [6.45, 7) is 1.25. The zero-order chi connectivity index (χ0) is 8.15. The minimum Gasteiger partial charge on any atom is -0.481 e. The molecule has 0 heterocycles. The molecule has 0 saturated heterocycles. The van der Waals surface area contributed by atoms with E-state index in [1.807, 2.05) is 0 Å². The lowest BCUT2D eigenvalue weighted by molar-refractivity contribution is -0.424. The van der Waals surface area contributed by atoms with Crippen LogP contribution in [-0.4, -0.2) is 16.0 Å². The van der Waals surface area contributed by atoms with Gasteiger partial charge in [0.1, 0.15) is 0 Å². The van der Waals surface area contributed by atoms with Gasteiger partial charge in [0.2, 0.25) is 5.70 Å². The molecule has 0 aromatic rings. The van der Waals surface area contributed by atoms with E-state index < -0.39 is 10.9 Å². The Morgan fingerprint density at radius 3 is 2.60 bits per heavy atom. The second-order valence-corrected chi connectivity index (χ2v) is 1.70. The van der Waals surface area contributed by atoms with Crippen molar-refractivity contribution in [3.63, 3.8) is 0 Å². The highest BCUT2D eigenvalue weighted by Gasteiger charge is 2.01. The van der Waals surface area contributed by atoms with Crippen molar-refractivity contribution in [2.24, 2.45) is 0 Å². The molecule has 0 aliphatic rings. The van der Waals surface area contributed by atoms with Crippen LogP contribution < -0.4 is 0 Å². The molecule has 0 aliphatic carbocycles. The molecule has 5 nitrogen and oxygen atoms in total. The number of hydrogen-bond acceptors (Lipinski definition) is 3. The molecule has 1 N–H and O–H groups in total. The Kier molecular flexibility index (Phi) is 3.10. The van der Waals surface area contributed by atoms with Crippen molar-refractivity contribution in [1.29, 1.82) is 0 Å². The lowest BCUT2D eigenvalue weighted by Gasteiger charge is -1.86. The predicted molar refractivity (Wildman–Crippen MR) is 33.0 cm³/mol. The Bertz CT molecular complexity index is 184. The molecule has 0 atom stereocenters. The third-order valence-corrected chi connectivity index (χ3v) is 0.860. The maximum atomic E-state index is 9.86. The van der Waals surface area contributed by atoms with Crippen molar-refractivity contribution in [3.8, 4) is 0 Å². The minimum absolute atomic E-state index is 0.137. The fraction of sp³-hybridized carbons (Fsp3) is 0.400. The van der Waals surface area contributed by atoms with Gasteiger partial charge in [0, 0.05) is 6.92 Å². The molecule has 5 heteroatoms. The van der Waals surface area contributed by atoms with Crippen LogP contribution in [0.2, 0.25) is 0 Å². The summed E-state index contributed by atoms with van der Waals surface area (Å²) in [5.41, 5.74) is -0.137. The van der Waals surface area contributed by atoms with E-state index in [4.69, 9.17) is 5.11 Å². The Balaban J connectivity index is 3.92. The lowest BCUT2D eigenvalue weighted by Crippen LogP contribution is -1.96. The summed E-state index contributed by atoms with van der Waals surface area (Å²) in [4.78, 5) is 19.1. The van der Waals surface area contributed by atoms with Crippen LogP contribution in [0.15, 0.2) is 11.8 Å². The van der Waals surface area contributed by atoms with Crippen LogP contribution in [0.5, 0.6) is 0 Å². The maximum absolute atomic E-state index is 9.86. The second-order valence-electron chi connectivity index (χ2n) is 1.70. The van der Waals surface area contributed by atoms with Gasteiger partial charge < -0.3 is 5.11 Å². The Labute approximate surface area is 57.1 Å². The van der Waals surface area contributed by atoms with E-state index in [2.05, 4.69) is 0 Å². The number of aliphatic carboxylic acids is 1. The first-order valence-electron chi connectivity index (χ1n) is 2.57. The Morgan fingerprint density at radius 1 is 1.80 bits per heavy atom. The molecule has 0 rings (SSSR count). The van der Waals surface area contributed by atoms with Crippen LogP contribution in [0, 0.1) is 10.1 Å². The van der Waals surface area contributed by atoms with Gasteiger partial charge in [-0.2, -0.15) is 0 Å². The molecule has 0 aromatic carbocycles. The highest BCUT2D eigenvalue weighted by Crippen LogP contribution is 1.94. The van der Waals surface area contributed by atoms with Gasteiger partial charge in [-0.25, -0.2) is 0 Å². The largest absolute Gasteiger partial charge is 0.481 e. The molecule has 0 aliphatic heterocycles. The first-order valence-corrected chi connectivity index (χ1v) is 2.57. The fourth-order valence-electron chi connectivity index (χ4n) is 0.310. The summed E-state index contributed by atoms with van der Waals surface area (Å²) in [7, 11) is 0. The highest BCUT2D eigenvalue weighted by atomic mass is 16.6. The van der Waals surface area contributed by atoms with Crippen LogP contribution in [-0.2, 0) is 4.79 Å². The van der Waals surface area contributed by atoms with Gasteiger partial charge >= 0.3 is 5.97 Å². The number of carbonyl (C=O) groups is 1. The smallest absolute Gasteiger partial charge is 0.307 e. The first-order chi connectivity index (χ1) is 4.54. The van der Waals surface area contributed by atoms with Crippen LogP contribution in [0.1, 0.15) is 13.3 Å². The standard InChI is InChI=1S/C5H7NO4/c1-4(6(9)10)2-3-5(7)8/h2H,3H2,1H3,(H,7,8). The van der Waals surface area contributed by atoms with Gasteiger partial charge in [-0.1, -0.05) is 0 Å². The number of carboxylic acids is 1. The quantitative estimate of drug-likeness (QED) is 0.466. The van der Waals surface area contributed by atoms with Gasteiger partial charge in [-0.05, 0) is 6.08 Å². The number of rotatable bonds is 3. The summed E-state index contributed by atoms with van der Waals surface area (Å²) in [5.74, 6) is -1.07. The second kappa shape index (κ2) is 3.60.